The molecule has 3 heterocycles. The Kier molecular flexibility index (Phi) is 6.71. The fourth-order valence-electron chi connectivity index (χ4n) is 4.45. The zero-order valence-electron chi connectivity index (χ0n) is 19.4. The Hall–Kier alpha value is -2.66. The molecule has 0 spiro atoms. The Morgan fingerprint density at radius 2 is 2.00 bits per heavy atom. The number of aromatic nitrogens is 2. The molecule has 0 radical (unpaired) electrons. The molecule has 1 aromatic carbocycles. The van der Waals surface area contributed by atoms with Crippen LogP contribution in [0.1, 0.15) is 31.7 Å². The topological polar surface area (TPSA) is 44.3 Å². The maximum Gasteiger partial charge on any atom is 0.0914 e. The number of nitrogens with zero attached hydrogens (tertiary/aromatic N) is 4. The molecule has 3 aromatic rings. The Morgan fingerprint density at radius 3 is 2.68 bits per heavy atom. The van der Waals surface area contributed by atoms with Crippen LogP contribution in [0.2, 0.25) is 0 Å². The molecular weight excluding hydrogens is 382 g/mol. The van der Waals surface area contributed by atoms with Crippen molar-refractivity contribution in [1.29, 1.82) is 0 Å². The maximum atomic E-state index is 5.04. The molecule has 1 saturated heterocycles. The molecule has 0 saturated carbocycles. The van der Waals surface area contributed by atoms with Crippen LogP contribution in [-0.2, 0) is 6.42 Å². The normalized spacial score (nSPS) is 16.3. The zero-order chi connectivity index (χ0) is 21.8. The van der Waals surface area contributed by atoms with Gasteiger partial charge in [-0.15, -0.1) is 0 Å². The van der Waals surface area contributed by atoms with Gasteiger partial charge in [-0.1, -0.05) is 19.4 Å². The zero-order valence-corrected chi connectivity index (χ0v) is 19.4. The largest absolute Gasteiger partial charge is 0.378 e. The molecule has 4 rings (SSSR count). The van der Waals surface area contributed by atoms with Crippen LogP contribution in [0.15, 0.2) is 42.6 Å². The molecule has 0 aliphatic carbocycles. The minimum atomic E-state index is 0.780. The summed E-state index contributed by atoms with van der Waals surface area (Å²) in [5.74, 6) is 0.780. The van der Waals surface area contributed by atoms with E-state index in [4.69, 9.17) is 9.97 Å². The van der Waals surface area contributed by atoms with Gasteiger partial charge in [0, 0.05) is 50.1 Å². The van der Waals surface area contributed by atoms with Crippen LogP contribution in [0.25, 0.3) is 22.3 Å². The van der Waals surface area contributed by atoms with Crippen molar-refractivity contribution in [3.63, 3.8) is 0 Å². The molecule has 0 bridgehead atoms. The highest BCUT2D eigenvalue weighted by molar-refractivity contribution is 5.96. The van der Waals surface area contributed by atoms with E-state index in [-0.39, 0.29) is 0 Å². The van der Waals surface area contributed by atoms with Gasteiger partial charge in [0.05, 0.1) is 16.9 Å². The quantitative estimate of drug-likeness (QED) is 0.536. The highest BCUT2D eigenvalue weighted by Gasteiger charge is 2.23. The lowest BCUT2D eigenvalue weighted by atomic mass is 10.1. The number of benzene rings is 1. The third kappa shape index (κ3) is 4.82. The van der Waals surface area contributed by atoms with Gasteiger partial charge in [-0.2, -0.15) is 0 Å². The predicted molar refractivity (Wildman–Crippen MR) is 132 cm³/mol. The summed E-state index contributed by atoms with van der Waals surface area (Å²) in [7, 11) is 6.15. The van der Waals surface area contributed by atoms with Gasteiger partial charge < -0.3 is 15.1 Å². The monoisotopic (exact) mass is 417 g/mol. The summed E-state index contributed by atoms with van der Waals surface area (Å²) in [5.41, 5.74) is 6.69. The summed E-state index contributed by atoms with van der Waals surface area (Å²) in [5, 5.41) is 4.44. The van der Waals surface area contributed by atoms with Gasteiger partial charge >= 0.3 is 0 Å². The van der Waals surface area contributed by atoms with Crippen LogP contribution in [-0.4, -0.2) is 50.7 Å². The highest BCUT2D eigenvalue weighted by Crippen LogP contribution is 2.35. The van der Waals surface area contributed by atoms with Crippen molar-refractivity contribution in [2.45, 2.75) is 32.6 Å². The third-order valence-corrected chi connectivity index (χ3v) is 6.47. The molecule has 164 valence electrons. The van der Waals surface area contributed by atoms with E-state index in [2.05, 4.69) is 72.5 Å². The number of anilines is 2. The van der Waals surface area contributed by atoms with E-state index >= 15 is 0 Å². The van der Waals surface area contributed by atoms with E-state index in [1.807, 2.05) is 13.2 Å². The molecule has 5 nitrogen and oxygen atoms in total. The lowest BCUT2D eigenvalue weighted by Crippen LogP contribution is -2.20. The number of aryl methyl sites for hydroxylation is 1. The van der Waals surface area contributed by atoms with Crippen molar-refractivity contribution in [1.82, 2.24) is 15.3 Å². The first kappa shape index (κ1) is 21.6. The Balaban J connectivity index is 1.72. The van der Waals surface area contributed by atoms with Crippen molar-refractivity contribution in [2.24, 2.45) is 5.92 Å². The second-order valence-electron chi connectivity index (χ2n) is 8.89. The number of fused-ring (bicyclic) bond motifs is 1. The molecule has 2 aromatic heterocycles. The number of nitrogens with one attached hydrogen (secondary N) is 1. The number of hydrogen-bond donors (Lipinski definition) is 1. The SMILES string of the molecule is CCC1CCN(c2cc(-c3ccc(CCCNC)cn3)nc3cc(N(C)C)ccc23)C1. The number of hydrogen-bond acceptors (Lipinski definition) is 5. The van der Waals surface area contributed by atoms with Crippen LogP contribution in [0.3, 0.4) is 0 Å². The summed E-state index contributed by atoms with van der Waals surface area (Å²) in [6.45, 7) is 5.57. The molecule has 1 aliphatic rings. The van der Waals surface area contributed by atoms with Crippen molar-refractivity contribution in [3.8, 4) is 11.4 Å². The summed E-state index contributed by atoms with van der Waals surface area (Å²) in [6.07, 6.45) is 6.69. The standard InChI is InChI=1S/C26H35N5/c1-5-19-12-14-31(18-19)26-16-25(23-11-8-20(17-28-23)7-6-13-27-2)29-24-15-21(30(3)4)9-10-22(24)26/h8-11,15-17,19,27H,5-7,12-14,18H2,1-4H3. The van der Waals surface area contributed by atoms with Crippen molar-refractivity contribution < 1.29 is 0 Å². The van der Waals surface area contributed by atoms with Crippen molar-refractivity contribution >= 4 is 22.3 Å². The van der Waals surface area contributed by atoms with Crippen molar-refractivity contribution in [2.75, 3.05) is 50.6 Å². The van der Waals surface area contributed by atoms with Gasteiger partial charge in [0.1, 0.15) is 0 Å². The first-order valence-corrected chi connectivity index (χ1v) is 11.6. The van der Waals surface area contributed by atoms with Crippen LogP contribution >= 0.6 is 0 Å². The average Bonchev–Trinajstić information content (AvgIpc) is 3.28. The second kappa shape index (κ2) is 9.65. The van der Waals surface area contributed by atoms with E-state index in [1.165, 1.54) is 35.2 Å². The predicted octanol–water partition coefficient (Wildman–Crippen LogP) is 4.75. The minimum Gasteiger partial charge on any atom is -0.378 e. The molecular formula is C26H35N5. The lowest BCUT2D eigenvalue weighted by molar-refractivity contribution is 0.569. The molecule has 1 N–H and O–H groups in total. The number of pyridine rings is 2. The van der Waals surface area contributed by atoms with E-state index in [9.17, 15) is 0 Å². The van der Waals surface area contributed by atoms with Gasteiger partial charge in [-0.25, -0.2) is 4.98 Å². The summed E-state index contributed by atoms with van der Waals surface area (Å²) in [6, 6.07) is 13.2. The molecule has 5 heteroatoms. The molecule has 31 heavy (non-hydrogen) atoms. The van der Waals surface area contributed by atoms with Crippen LogP contribution in [0.4, 0.5) is 11.4 Å². The minimum absolute atomic E-state index is 0.780. The van der Waals surface area contributed by atoms with Crippen LogP contribution < -0.4 is 15.1 Å². The first-order valence-electron chi connectivity index (χ1n) is 11.6. The molecule has 0 amide bonds. The molecule has 1 fully saturated rings. The lowest BCUT2D eigenvalue weighted by Gasteiger charge is -2.22. The van der Waals surface area contributed by atoms with Crippen LogP contribution in [0.5, 0.6) is 0 Å². The summed E-state index contributed by atoms with van der Waals surface area (Å²) >= 11 is 0. The maximum absolute atomic E-state index is 5.04. The molecule has 1 aliphatic heterocycles. The van der Waals surface area contributed by atoms with Crippen molar-refractivity contribution in [3.05, 3.63) is 48.2 Å². The Morgan fingerprint density at radius 1 is 1.13 bits per heavy atom. The highest BCUT2D eigenvalue weighted by atomic mass is 15.2. The Labute approximate surface area is 186 Å². The third-order valence-electron chi connectivity index (χ3n) is 6.47. The van der Waals surface area contributed by atoms with E-state index in [0.29, 0.717) is 0 Å². The van der Waals surface area contributed by atoms with Gasteiger partial charge in [0.15, 0.2) is 0 Å². The van der Waals surface area contributed by atoms with E-state index < -0.39 is 0 Å². The second-order valence-corrected chi connectivity index (χ2v) is 8.89. The van der Waals surface area contributed by atoms with Gasteiger partial charge in [0.25, 0.3) is 0 Å². The summed E-state index contributed by atoms with van der Waals surface area (Å²) in [4.78, 5) is 14.5. The molecule has 1 unspecified atom stereocenters. The van der Waals surface area contributed by atoms with Gasteiger partial charge in [-0.3, -0.25) is 4.98 Å². The first-order chi connectivity index (χ1) is 15.1. The van der Waals surface area contributed by atoms with E-state index in [1.54, 1.807) is 0 Å². The van der Waals surface area contributed by atoms with Gasteiger partial charge in [0.2, 0.25) is 0 Å². The fourth-order valence-corrected chi connectivity index (χ4v) is 4.45. The average molecular weight is 418 g/mol. The van der Waals surface area contributed by atoms with Gasteiger partial charge in [-0.05, 0) is 74.7 Å². The van der Waals surface area contributed by atoms with E-state index in [0.717, 1.165) is 55.3 Å². The number of rotatable bonds is 8. The fraction of sp³-hybridized carbons (Fsp3) is 0.462. The summed E-state index contributed by atoms with van der Waals surface area (Å²) < 4.78 is 0. The Bertz CT molecular complexity index is 1010. The van der Waals surface area contributed by atoms with Crippen LogP contribution in [0, 0.1) is 5.92 Å². The smallest absolute Gasteiger partial charge is 0.0914 e. The molecule has 1 atom stereocenters.